The first-order chi connectivity index (χ1) is 34.5. The van der Waals surface area contributed by atoms with Gasteiger partial charge in [-0.1, -0.05) is 146 Å². The number of aromatic nitrogens is 3. The Kier molecular flexibility index (Phi) is 11.0. The van der Waals surface area contributed by atoms with Crippen LogP contribution in [0.4, 0.5) is 0 Å². The minimum absolute atomic E-state index is 0.364. The van der Waals surface area contributed by atoms with E-state index in [0.29, 0.717) is 33.0 Å². The van der Waals surface area contributed by atoms with Crippen LogP contribution in [0.5, 0.6) is 0 Å². The highest BCUT2D eigenvalue weighted by Crippen LogP contribution is 2.36. The molecule has 5 aromatic heterocycles. The van der Waals surface area contributed by atoms with E-state index in [9.17, 15) is 9.59 Å². The Balaban J connectivity index is 0.855. The number of nitrogens with zero attached hydrogens (tertiary/aromatic N) is 3. The molecule has 0 atom stereocenters. The lowest BCUT2D eigenvalue weighted by molar-refractivity contribution is 0.568. The SMILES string of the molecule is O=c1oc2cccnc2c2ccc(CCc3cc(CCc4ccc5c(c4)c(=O)oc4cccnc45)cc(-c4ccccc4-c4ccc(-c5cc(-c6ccc(-c7ccccc7)cc6)ccn5)cc4)c3)cc12. The lowest BCUT2D eigenvalue weighted by atomic mass is 9.89. The second-order valence-corrected chi connectivity index (χ2v) is 17.8. The Morgan fingerprint density at radius 3 is 1.39 bits per heavy atom. The fraction of sp³-hybridized carbons (Fsp3) is 0.0635. The molecule has 0 aliphatic carbocycles. The lowest BCUT2D eigenvalue weighted by Crippen LogP contribution is -2.03. The first-order valence-corrected chi connectivity index (χ1v) is 23.5. The predicted molar refractivity (Wildman–Crippen MR) is 282 cm³/mol. The van der Waals surface area contributed by atoms with Gasteiger partial charge in [-0.2, -0.15) is 0 Å². The van der Waals surface area contributed by atoms with E-state index < -0.39 is 0 Å². The van der Waals surface area contributed by atoms with Gasteiger partial charge in [0.25, 0.3) is 0 Å². The fourth-order valence-corrected chi connectivity index (χ4v) is 9.75. The van der Waals surface area contributed by atoms with Crippen LogP contribution in [0.15, 0.2) is 231 Å². The largest absolute Gasteiger partial charge is 0.421 e. The molecular weight excluding hydrogens is 863 g/mol. The normalized spacial score (nSPS) is 11.5. The van der Waals surface area contributed by atoms with Crippen LogP contribution in [-0.2, 0) is 25.7 Å². The van der Waals surface area contributed by atoms with Crippen molar-refractivity contribution in [1.82, 2.24) is 15.0 Å². The number of fused-ring (bicyclic) bond motifs is 6. The standard InChI is InChI=1S/C63H43N3O4/c67-62-55-37-40(18-28-53(55)60-58(69-62)12-6-31-65-60)14-16-42-34-43(17-15-41-19-29-54-56(38-41)63(68)70-59-13-7-32-66-61(54)59)36-50(35-42)52-11-5-4-10-51(52)47-24-26-48(27-25-47)57-39-49(30-33-64-57)46-22-20-45(21-23-46)44-8-2-1-3-9-44/h1-13,18-39H,14-17H2. The van der Waals surface area contributed by atoms with E-state index in [4.69, 9.17) is 13.8 Å². The third-order valence-corrected chi connectivity index (χ3v) is 13.3. The molecule has 7 heteroatoms. The summed E-state index contributed by atoms with van der Waals surface area (Å²) in [5.74, 6) is 0. The van der Waals surface area contributed by atoms with Gasteiger partial charge in [-0.15, -0.1) is 0 Å². The molecule has 0 amide bonds. The Bertz CT molecular complexity index is 3890. The zero-order valence-corrected chi connectivity index (χ0v) is 38.0. The molecule has 0 radical (unpaired) electrons. The Labute approximate surface area is 403 Å². The summed E-state index contributed by atoms with van der Waals surface area (Å²) in [5, 5.41) is 2.64. The van der Waals surface area contributed by atoms with E-state index in [1.807, 2.05) is 36.5 Å². The molecular formula is C63H43N3O4. The Morgan fingerprint density at radius 1 is 0.314 bits per heavy atom. The number of hydrogen-bond acceptors (Lipinski definition) is 7. The van der Waals surface area contributed by atoms with Gasteiger partial charge in [-0.05, 0) is 141 Å². The highest BCUT2D eigenvalue weighted by Gasteiger charge is 2.15. The molecule has 0 spiro atoms. The van der Waals surface area contributed by atoms with Crippen LogP contribution in [0.2, 0.25) is 0 Å². The van der Waals surface area contributed by atoms with Crippen LogP contribution in [0, 0.1) is 0 Å². The molecule has 0 aliphatic heterocycles. The summed E-state index contributed by atoms with van der Waals surface area (Å²) in [6.07, 6.45) is 8.26. The molecule has 334 valence electrons. The zero-order chi connectivity index (χ0) is 47.0. The molecule has 7 nitrogen and oxygen atoms in total. The molecule has 0 aliphatic rings. The van der Waals surface area contributed by atoms with E-state index >= 15 is 0 Å². The summed E-state index contributed by atoms with van der Waals surface area (Å²) in [7, 11) is 0. The van der Waals surface area contributed by atoms with Gasteiger partial charge in [-0.3, -0.25) is 15.0 Å². The molecule has 7 aromatic carbocycles. The summed E-state index contributed by atoms with van der Waals surface area (Å²) < 4.78 is 11.3. The Morgan fingerprint density at radius 2 is 0.800 bits per heavy atom. The van der Waals surface area contributed by atoms with Gasteiger partial charge in [0.2, 0.25) is 0 Å². The molecule has 0 saturated carbocycles. The van der Waals surface area contributed by atoms with Gasteiger partial charge >= 0.3 is 11.3 Å². The van der Waals surface area contributed by atoms with Crippen molar-refractivity contribution in [1.29, 1.82) is 0 Å². The molecule has 0 unspecified atom stereocenters. The number of hydrogen-bond donors (Lipinski definition) is 0. The summed E-state index contributed by atoms with van der Waals surface area (Å²) >= 11 is 0. The van der Waals surface area contributed by atoms with Gasteiger partial charge in [0.1, 0.15) is 11.0 Å². The van der Waals surface area contributed by atoms with Gasteiger partial charge in [-0.25, -0.2) is 9.59 Å². The quantitative estimate of drug-likeness (QED) is 0.119. The summed E-state index contributed by atoms with van der Waals surface area (Å²) in [6, 6.07) is 66.6. The zero-order valence-electron chi connectivity index (χ0n) is 38.0. The minimum Gasteiger partial charge on any atom is -0.421 e. The van der Waals surface area contributed by atoms with Crippen molar-refractivity contribution >= 4 is 43.7 Å². The van der Waals surface area contributed by atoms with Crippen molar-refractivity contribution in [3.63, 3.8) is 0 Å². The van der Waals surface area contributed by atoms with Crippen molar-refractivity contribution in [3.8, 4) is 55.8 Å². The van der Waals surface area contributed by atoms with Gasteiger partial charge in [0.15, 0.2) is 11.2 Å². The highest BCUT2D eigenvalue weighted by atomic mass is 16.4. The second kappa shape index (κ2) is 18.2. The van der Waals surface area contributed by atoms with E-state index in [-0.39, 0.29) is 11.3 Å². The summed E-state index contributed by atoms with van der Waals surface area (Å²) in [4.78, 5) is 40.1. The summed E-state index contributed by atoms with van der Waals surface area (Å²) in [6.45, 7) is 0. The maximum absolute atomic E-state index is 13.1. The molecule has 70 heavy (non-hydrogen) atoms. The van der Waals surface area contributed by atoms with Crippen molar-refractivity contribution in [2.45, 2.75) is 25.7 Å². The van der Waals surface area contributed by atoms with E-state index in [1.165, 1.54) is 22.3 Å². The Hall–Kier alpha value is -9.07. The van der Waals surface area contributed by atoms with Crippen molar-refractivity contribution in [2.75, 3.05) is 0 Å². The number of benzene rings is 7. The lowest BCUT2D eigenvalue weighted by Gasteiger charge is -2.15. The average Bonchev–Trinajstić information content (AvgIpc) is 3.42. The van der Waals surface area contributed by atoms with Crippen LogP contribution < -0.4 is 11.3 Å². The molecule has 5 heterocycles. The van der Waals surface area contributed by atoms with Crippen LogP contribution in [-0.4, -0.2) is 15.0 Å². The number of rotatable bonds is 11. The monoisotopic (exact) mass is 905 g/mol. The van der Waals surface area contributed by atoms with Crippen molar-refractivity contribution in [3.05, 3.63) is 256 Å². The number of aryl methyl sites for hydroxylation is 4. The molecule has 0 bridgehead atoms. The summed E-state index contributed by atoms with van der Waals surface area (Å²) in [5.41, 5.74) is 17.1. The van der Waals surface area contributed by atoms with Crippen molar-refractivity contribution < 1.29 is 8.83 Å². The smallest absolute Gasteiger partial charge is 0.344 e. The molecule has 0 saturated heterocycles. The topological polar surface area (TPSA) is 99.1 Å². The molecule has 12 rings (SSSR count). The van der Waals surface area contributed by atoms with Crippen LogP contribution >= 0.6 is 0 Å². The first-order valence-electron chi connectivity index (χ1n) is 23.5. The first kappa shape index (κ1) is 42.3. The maximum Gasteiger partial charge on any atom is 0.344 e. The number of pyridine rings is 3. The third-order valence-electron chi connectivity index (χ3n) is 13.3. The van der Waals surface area contributed by atoms with E-state index in [2.05, 4.69) is 149 Å². The minimum atomic E-state index is -0.364. The average molecular weight is 906 g/mol. The van der Waals surface area contributed by atoms with E-state index in [1.54, 1.807) is 36.7 Å². The van der Waals surface area contributed by atoms with Crippen LogP contribution in [0.25, 0.3) is 99.5 Å². The van der Waals surface area contributed by atoms with Crippen LogP contribution in [0.1, 0.15) is 22.3 Å². The second-order valence-electron chi connectivity index (χ2n) is 17.8. The van der Waals surface area contributed by atoms with Gasteiger partial charge < -0.3 is 8.83 Å². The highest BCUT2D eigenvalue weighted by molar-refractivity contribution is 6.03. The third kappa shape index (κ3) is 8.35. The molecule has 0 N–H and O–H groups in total. The molecule has 12 aromatic rings. The van der Waals surface area contributed by atoms with Crippen molar-refractivity contribution in [2.24, 2.45) is 0 Å². The van der Waals surface area contributed by atoms with Gasteiger partial charge in [0.05, 0.1) is 16.5 Å². The van der Waals surface area contributed by atoms with Gasteiger partial charge in [0, 0.05) is 34.9 Å². The maximum atomic E-state index is 13.1. The van der Waals surface area contributed by atoms with Crippen LogP contribution in [0.3, 0.4) is 0 Å². The fourth-order valence-electron chi connectivity index (χ4n) is 9.75. The molecule has 0 fully saturated rings. The predicted octanol–water partition coefficient (Wildman–Crippen LogP) is 14.3. The van der Waals surface area contributed by atoms with E-state index in [0.717, 1.165) is 92.2 Å².